The predicted octanol–water partition coefficient (Wildman–Crippen LogP) is 4.28. The van der Waals surface area contributed by atoms with Crippen LogP contribution in [0.4, 0.5) is 8.78 Å². The lowest BCUT2D eigenvalue weighted by Gasteiger charge is -2.12. The Kier molecular flexibility index (Phi) is 4.66. The number of hydrogen-bond acceptors (Lipinski definition) is 6. The molecule has 0 saturated heterocycles. The zero-order chi connectivity index (χ0) is 19.9. The molecule has 2 aromatic rings. The topological polar surface area (TPSA) is 63.2 Å². The summed E-state index contributed by atoms with van der Waals surface area (Å²) in [5.41, 5.74) is 1.18. The number of esters is 1. The fraction of sp³-hybridized carbons (Fsp3) is 0.316. The van der Waals surface area contributed by atoms with E-state index in [2.05, 4.69) is 9.47 Å². The first-order valence-electron chi connectivity index (χ1n) is 8.40. The lowest BCUT2D eigenvalue weighted by molar-refractivity contribution is -0.287. The lowest BCUT2D eigenvalue weighted by Crippen LogP contribution is -2.26. The van der Waals surface area contributed by atoms with Crippen molar-refractivity contribution in [1.82, 2.24) is 0 Å². The van der Waals surface area contributed by atoms with E-state index in [9.17, 15) is 13.6 Å². The van der Waals surface area contributed by atoms with Gasteiger partial charge in [0.1, 0.15) is 18.1 Å². The van der Waals surface area contributed by atoms with Gasteiger partial charge in [-0.1, -0.05) is 23.7 Å². The smallest absolute Gasteiger partial charge is 0.492 e. The van der Waals surface area contributed by atoms with E-state index in [1.165, 1.54) is 13.2 Å². The molecule has 0 saturated carbocycles. The Hall–Kier alpha value is -2.74. The monoisotopic (exact) mass is 412 g/mol. The predicted molar refractivity (Wildman–Crippen MR) is 93.3 cm³/mol. The molecule has 1 unspecified atom stereocenters. The minimum absolute atomic E-state index is 0.0554. The van der Waals surface area contributed by atoms with E-state index in [0.29, 0.717) is 28.7 Å². The molecule has 0 fully saturated rings. The molecule has 148 valence electrons. The van der Waals surface area contributed by atoms with Crippen LogP contribution in [0.2, 0.25) is 5.02 Å². The van der Waals surface area contributed by atoms with Gasteiger partial charge in [-0.15, -0.1) is 8.78 Å². The van der Waals surface area contributed by atoms with Gasteiger partial charge in [0.2, 0.25) is 0 Å². The first-order chi connectivity index (χ1) is 13.4. The molecule has 0 bridgehead atoms. The molecule has 2 heterocycles. The summed E-state index contributed by atoms with van der Waals surface area (Å²) in [5, 5.41) is 0.314. The molecule has 0 N–H and O–H groups in total. The Bertz CT molecular complexity index is 933. The number of carbonyl (C=O) groups is 1. The largest absolute Gasteiger partial charge is 0.586 e. The molecule has 0 aromatic heterocycles. The quantitative estimate of drug-likeness (QED) is 0.683. The normalized spacial score (nSPS) is 18.4. The highest BCUT2D eigenvalue weighted by molar-refractivity contribution is 6.32. The number of halogens is 3. The lowest BCUT2D eigenvalue weighted by atomic mass is 9.98. The van der Waals surface area contributed by atoms with E-state index < -0.39 is 6.29 Å². The SMILES string of the molecule is COC(=O)CC1COc2cc(OCc3cccc4c3OC(F)(F)O4)c(Cl)cc21. The molecule has 2 aliphatic rings. The van der Waals surface area contributed by atoms with E-state index in [1.807, 2.05) is 0 Å². The second kappa shape index (κ2) is 7.01. The van der Waals surface area contributed by atoms with Crippen molar-refractivity contribution in [2.24, 2.45) is 0 Å². The number of alkyl halides is 2. The van der Waals surface area contributed by atoms with Gasteiger partial charge in [0.05, 0.1) is 25.2 Å². The highest BCUT2D eigenvalue weighted by atomic mass is 35.5. The number of carbonyl (C=O) groups excluding carboxylic acids is 1. The number of para-hydroxylation sites is 1. The van der Waals surface area contributed by atoms with Crippen LogP contribution in [0.3, 0.4) is 0 Å². The van der Waals surface area contributed by atoms with Crippen molar-refractivity contribution < 1.29 is 37.3 Å². The Morgan fingerprint density at radius 2 is 2.11 bits per heavy atom. The molecule has 0 aliphatic carbocycles. The molecule has 2 aliphatic heterocycles. The summed E-state index contributed by atoms with van der Waals surface area (Å²) in [6.45, 7) is 0.267. The van der Waals surface area contributed by atoms with Gasteiger partial charge in [-0.2, -0.15) is 0 Å². The summed E-state index contributed by atoms with van der Waals surface area (Å²) in [5.74, 6) is 0.258. The average molecular weight is 413 g/mol. The second-order valence-electron chi connectivity index (χ2n) is 6.31. The molecular weight excluding hydrogens is 398 g/mol. The van der Waals surface area contributed by atoms with Gasteiger partial charge >= 0.3 is 12.3 Å². The van der Waals surface area contributed by atoms with Crippen LogP contribution in [0.5, 0.6) is 23.0 Å². The van der Waals surface area contributed by atoms with Crippen molar-refractivity contribution >= 4 is 17.6 Å². The van der Waals surface area contributed by atoms with Crippen LogP contribution in [-0.2, 0) is 16.1 Å². The summed E-state index contributed by atoms with van der Waals surface area (Å²) in [6, 6.07) is 7.83. The number of ether oxygens (including phenoxy) is 5. The van der Waals surface area contributed by atoms with Gasteiger partial charge in [-0.05, 0) is 12.1 Å². The van der Waals surface area contributed by atoms with Crippen LogP contribution in [0, 0.1) is 0 Å². The Morgan fingerprint density at radius 1 is 1.29 bits per heavy atom. The van der Waals surface area contributed by atoms with Crippen LogP contribution < -0.4 is 18.9 Å². The second-order valence-corrected chi connectivity index (χ2v) is 6.72. The van der Waals surface area contributed by atoms with Crippen molar-refractivity contribution in [2.75, 3.05) is 13.7 Å². The third-order valence-electron chi connectivity index (χ3n) is 4.48. The molecule has 0 spiro atoms. The first-order valence-corrected chi connectivity index (χ1v) is 8.77. The van der Waals surface area contributed by atoms with Crippen LogP contribution in [0.1, 0.15) is 23.5 Å². The molecule has 0 amide bonds. The van der Waals surface area contributed by atoms with Crippen molar-refractivity contribution in [2.45, 2.75) is 25.2 Å². The molecular formula is C19H15ClF2O6. The standard InChI is InChI=1S/C19H15ClF2O6/c1-24-17(23)5-11-9-25-15-7-16(13(20)6-12(11)15)26-8-10-3-2-4-14-18(10)28-19(21,22)27-14/h2-4,6-7,11H,5,8-9H2,1H3. The van der Waals surface area contributed by atoms with Crippen molar-refractivity contribution in [3.8, 4) is 23.0 Å². The number of methoxy groups -OCH3 is 1. The molecule has 6 nitrogen and oxygen atoms in total. The van der Waals surface area contributed by atoms with Gasteiger partial charge in [0.15, 0.2) is 11.5 Å². The van der Waals surface area contributed by atoms with Gasteiger partial charge in [-0.3, -0.25) is 4.79 Å². The molecule has 4 rings (SSSR count). The molecule has 2 aromatic carbocycles. The van der Waals surface area contributed by atoms with Gasteiger partial charge < -0.3 is 23.7 Å². The van der Waals surface area contributed by atoms with E-state index in [1.54, 1.807) is 24.3 Å². The van der Waals surface area contributed by atoms with E-state index in [0.717, 1.165) is 5.56 Å². The van der Waals surface area contributed by atoms with E-state index in [-0.39, 0.29) is 36.4 Å². The van der Waals surface area contributed by atoms with Crippen LogP contribution in [0.25, 0.3) is 0 Å². The summed E-state index contributed by atoms with van der Waals surface area (Å²) in [6.07, 6.45) is -3.52. The maximum atomic E-state index is 13.3. The Balaban J connectivity index is 1.51. The van der Waals surface area contributed by atoms with Crippen LogP contribution >= 0.6 is 11.6 Å². The molecule has 28 heavy (non-hydrogen) atoms. The third-order valence-corrected chi connectivity index (χ3v) is 4.77. The number of benzene rings is 2. The highest BCUT2D eigenvalue weighted by Gasteiger charge is 2.44. The van der Waals surface area contributed by atoms with Crippen molar-refractivity contribution in [3.05, 3.63) is 46.5 Å². The minimum atomic E-state index is -3.70. The van der Waals surface area contributed by atoms with Crippen molar-refractivity contribution in [3.63, 3.8) is 0 Å². The summed E-state index contributed by atoms with van der Waals surface area (Å²) in [7, 11) is 1.33. The van der Waals surface area contributed by atoms with Gasteiger partial charge in [0, 0.05) is 23.1 Å². The minimum Gasteiger partial charge on any atom is -0.492 e. The molecule has 1 atom stereocenters. The molecule has 9 heteroatoms. The number of fused-ring (bicyclic) bond motifs is 2. The Morgan fingerprint density at radius 3 is 2.89 bits per heavy atom. The fourth-order valence-corrected chi connectivity index (χ4v) is 3.36. The fourth-order valence-electron chi connectivity index (χ4n) is 3.13. The van der Waals surface area contributed by atoms with Crippen molar-refractivity contribution in [1.29, 1.82) is 0 Å². The summed E-state index contributed by atoms with van der Waals surface area (Å²) < 4.78 is 51.6. The summed E-state index contributed by atoms with van der Waals surface area (Å²) >= 11 is 6.30. The van der Waals surface area contributed by atoms with E-state index >= 15 is 0 Å². The van der Waals surface area contributed by atoms with Crippen LogP contribution in [0.15, 0.2) is 30.3 Å². The van der Waals surface area contributed by atoms with Gasteiger partial charge in [0.25, 0.3) is 0 Å². The summed E-state index contributed by atoms with van der Waals surface area (Å²) in [4.78, 5) is 11.5. The zero-order valence-electron chi connectivity index (χ0n) is 14.7. The van der Waals surface area contributed by atoms with Gasteiger partial charge in [-0.25, -0.2) is 0 Å². The number of hydrogen-bond donors (Lipinski definition) is 0. The zero-order valence-corrected chi connectivity index (χ0v) is 15.4. The third kappa shape index (κ3) is 3.52. The van der Waals surface area contributed by atoms with Crippen LogP contribution in [-0.4, -0.2) is 26.0 Å². The molecule has 0 radical (unpaired) electrons. The Labute approximate surface area is 163 Å². The maximum Gasteiger partial charge on any atom is 0.586 e. The highest BCUT2D eigenvalue weighted by Crippen LogP contribution is 2.45. The average Bonchev–Trinajstić information content (AvgIpc) is 3.18. The first kappa shape index (κ1) is 18.6. The maximum absolute atomic E-state index is 13.3. The van der Waals surface area contributed by atoms with E-state index in [4.69, 9.17) is 25.8 Å². The number of rotatable bonds is 5.